The van der Waals surface area contributed by atoms with Crippen LogP contribution in [0.2, 0.25) is 0 Å². The minimum atomic E-state index is -3.75. The fourth-order valence-electron chi connectivity index (χ4n) is 1.34. The molecule has 0 fully saturated rings. The molecule has 92 valence electrons. The molecular formula is C10H23O3PS. The molecule has 1 N–H and O–H groups in total. The molecule has 0 aliphatic heterocycles. The lowest BCUT2D eigenvalue weighted by Crippen LogP contribution is -2.09. The quantitative estimate of drug-likeness (QED) is 0.508. The summed E-state index contributed by atoms with van der Waals surface area (Å²) in [7, 11) is -3.93. The molecule has 15 heavy (non-hydrogen) atoms. The van der Waals surface area contributed by atoms with Crippen molar-refractivity contribution in [1.29, 1.82) is 0 Å². The zero-order valence-electron chi connectivity index (χ0n) is 9.78. The van der Waals surface area contributed by atoms with Crippen LogP contribution in [0.1, 0.15) is 39.5 Å². The second-order valence-corrected chi connectivity index (χ2v) is 8.09. The fourth-order valence-corrected chi connectivity index (χ4v) is 5.50. The van der Waals surface area contributed by atoms with Crippen LogP contribution < -0.4 is 0 Å². The van der Waals surface area contributed by atoms with Crippen LogP contribution in [-0.4, -0.2) is 37.2 Å². The molecule has 0 unspecified atom stereocenters. The molecule has 0 aliphatic rings. The van der Waals surface area contributed by atoms with Crippen molar-refractivity contribution in [3.63, 3.8) is 0 Å². The zero-order chi connectivity index (χ0) is 11.7. The first-order valence-corrected chi connectivity index (χ1v) is 9.17. The third kappa shape index (κ3) is 10.6. The Balaban J connectivity index is 3.89. The van der Waals surface area contributed by atoms with Gasteiger partial charge in [0, 0.05) is 0 Å². The van der Waals surface area contributed by atoms with Crippen molar-refractivity contribution in [1.82, 2.24) is 0 Å². The largest absolute Gasteiger partial charge is 0.286 e. The van der Waals surface area contributed by atoms with Crippen LogP contribution in [0.4, 0.5) is 0 Å². The molecule has 0 atom stereocenters. The summed E-state index contributed by atoms with van der Waals surface area (Å²) in [6.07, 6.45) is 7.67. The van der Waals surface area contributed by atoms with Crippen LogP contribution in [-0.2, 0) is 10.1 Å². The lowest BCUT2D eigenvalue weighted by atomic mass is 10.4. The topological polar surface area (TPSA) is 54.4 Å². The maximum Gasteiger partial charge on any atom is 0.265 e. The summed E-state index contributed by atoms with van der Waals surface area (Å²) < 4.78 is 30.0. The molecule has 0 saturated heterocycles. The highest BCUT2D eigenvalue weighted by atomic mass is 32.2. The summed E-state index contributed by atoms with van der Waals surface area (Å²) in [6, 6.07) is 0. The van der Waals surface area contributed by atoms with Gasteiger partial charge in [0.05, 0.1) is 5.75 Å². The van der Waals surface area contributed by atoms with Crippen LogP contribution in [0, 0.1) is 0 Å². The Bertz CT molecular complexity index is 231. The number of unbranched alkanes of at least 4 members (excludes halogenated alkanes) is 2. The SMILES string of the molecule is CCCCP(CCCC)CCS(=O)(=O)O. The van der Waals surface area contributed by atoms with E-state index in [1.54, 1.807) is 0 Å². The molecule has 0 saturated carbocycles. The van der Waals surface area contributed by atoms with E-state index in [4.69, 9.17) is 4.55 Å². The van der Waals surface area contributed by atoms with E-state index in [0.717, 1.165) is 25.2 Å². The number of hydrogen-bond acceptors (Lipinski definition) is 2. The summed E-state index contributed by atoms with van der Waals surface area (Å²) >= 11 is 0. The molecule has 0 radical (unpaired) electrons. The van der Waals surface area contributed by atoms with Crippen molar-refractivity contribution in [2.24, 2.45) is 0 Å². The first-order valence-electron chi connectivity index (χ1n) is 5.67. The number of rotatable bonds is 9. The van der Waals surface area contributed by atoms with Crippen LogP contribution in [0.3, 0.4) is 0 Å². The normalized spacial score (nSPS) is 12.3. The molecule has 0 heterocycles. The Morgan fingerprint density at radius 1 is 1.00 bits per heavy atom. The van der Waals surface area contributed by atoms with Crippen LogP contribution in [0.5, 0.6) is 0 Å². The van der Waals surface area contributed by atoms with Crippen LogP contribution in [0.25, 0.3) is 0 Å². The molecule has 0 aromatic heterocycles. The van der Waals surface area contributed by atoms with Crippen molar-refractivity contribution >= 4 is 18.0 Å². The van der Waals surface area contributed by atoms with Gasteiger partial charge in [-0.3, -0.25) is 4.55 Å². The Hall–Kier alpha value is 0.340. The molecule has 0 aromatic carbocycles. The summed E-state index contributed by atoms with van der Waals surface area (Å²) in [5, 5.41) is 0. The van der Waals surface area contributed by atoms with Gasteiger partial charge in [0.2, 0.25) is 0 Å². The summed E-state index contributed by atoms with van der Waals surface area (Å²) in [5.74, 6) is -0.0495. The second kappa shape index (κ2) is 8.49. The van der Waals surface area contributed by atoms with Gasteiger partial charge in [-0.1, -0.05) is 26.7 Å². The number of hydrogen-bond donors (Lipinski definition) is 1. The molecule has 0 aromatic rings. The average Bonchev–Trinajstić information content (AvgIpc) is 2.15. The lowest BCUT2D eigenvalue weighted by molar-refractivity contribution is 0.485. The van der Waals surface area contributed by atoms with Gasteiger partial charge in [0.25, 0.3) is 10.1 Å². The van der Waals surface area contributed by atoms with Crippen molar-refractivity contribution in [3.05, 3.63) is 0 Å². The third-order valence-electron chi connectivity index (χ3n) is 2.32. The molecule has 0 rings (SSSR count). The Kier molecular flexibility index (Phi) is 8.68. The molecular weight excluding hydrogens is 231 g/mol. The molecule has 3 nitrogen and oxygen atoms in total. The second-order valence-electron chi connectivity index (χ2n) is 3.83. The van der Waals surface area contributed by atoms with E-state index in [0.29, 0.717) is 6.16 Å². The van der Waals surface area contributed by atoms with Gasteiger partial charge >= 0.3 is 0 Å². The fraction of sp³-hybridized carbons (Fsp3) is 1.00. The minimum Gasteiger partial charge on any atom is -0.286 e. The third-order valence-corrected chi connectivity index (χ3v) is 6.10. The van der Waals surface area contributed by atoms with E-state index in [-0.39, 0.29) is 13.7 Å². The van der Waals surface area contributed by atoms with E-state index >= 15 is 0 Å². The zero-order valence-corrected chi connectivity index (χ0v) is 11.5. The molecule has 0 bridgehead atoms. The highest BCUT2D eigenvalue weighted by Crippen LogP contribution is 2.37. The van der Waals surface area contributed by atoms with Crippen molar-refractivity contribution in [3.8, 4) is 0 Å². The van der Waals surface area contributed by atoms with Gasteiger partial charge in [-0.05, 0) is 31.3 Å². The van der Waals surface area contributed by atoms with Crippen molar-refractivity contribution in [2.75, 3.05) is 24.2 Å². The summed E-state index contributed by atoms with van der Waals surface area (Å²) in [5.41, 5.74) is 0. The first-order chi connectivity index (χ1) is 6.99. The maximum absolute atomic E-state index is 10.6. The average molecular weight is 254 g/mol. The lowest BCUT2D eigenvalue weighted by Gasteiger charge is -2.16. The van der Waals surface area contributed by atoms with Gasteiger partial charge in [0.15, 0.2) is 0 Å². The predicted molar refractivity (Wildman–Crippen MR) is 67.8 cm³/mol. The smallest absolute Gasteiger partial charge is 0.265 e. The van der Waals surface area contributed by atoms with Gasteiger partial charge in [-0.25, -0.2) is 0 Å². The minimum absolute atomic E-state index is 0.0495. The summed E-state index contributed by atoms with van der Waals surface area (Å²) in [4.78, 5) is 0. The first kappa shape index (κ1) is 15.3. The maximum atomic E-state index is 10.6. The van der Waals surface area contributed by atoms with Crippen molar-refractivity contribution < 1.29 is 13.0 Å². The highest BCUT2D eigenvalue weighted by molar-refractivity contribution is 7.86. The molecule has 0 amide bonds. The van der Waals surface area contributed by atoms with Gasteiger partial charge in [-0.15, -0.1) is 7.92 Å². The monoisotopic (exact) mass is 254 g/mol. The van der Waals surface area contributed by atoms with Crippen molar-refractivity contribution in [2.45, 2.75) is 39.5 Å². The molecule has 5 heteroatoms. The van der Waals surface area contributed by atoms with E-state index in [1.807, 2.05) is 0 Å². The van der Waals surface area contributed by atoms with Crippen LogP contribution >= 0.6 is 7.92 Å². The Labute approximate surface area is 95.2 Å². The van der Waals surface area contributed by atoms with E-state index < -0.39 is 10.1 Å². The van der Waals surface area contributed by atoms with E-state index in [2.05, 4.69) is 13.8 Å². The molecule has 0 spiro atoms. The van der Waals surface area contributed by atoms with Gasteiger partial charge < -0.3 is 0 Å². The standard InChI is InChI=1S/C10H23O3PS/c1-3-5-7-14(8-6-4-2)9-10-15(11,12)13/h3-10H2,1-2H3,(H,11,12,13). The highest BCUT2D eigenvalue weighted by Gasteiger charge is 2.11. The van der Waals surface area contributed by atoms with Gasteiger partial charge in [0.1, 0.15) is 0 Å². The van der Waals surface area contributed by atoms with Gasteiger partial charge in [-0.2, -0.15) is 8.42 Å². The Morgan fingerprint density at radius 2 is 1.47 bits per heavy atom. The summed E-state index contributed by atoms with van der Waals surface area (Å²) in [6.45, 7) is 4.30. The van der Waals surface area contributed by atoms with E-state index in [9.17, 15) is 8.42 Å². The van der Waals surface area contributed by atoms with Crippen LogP contribution in [0.15, 0.2) is 0 Å². The predicted octanol–water partition coefficient (Wildman–Crippen LogP) is 2.96. The Morgan fingerprint density at radius 3 is 1.80 bits per heavy atom. The van der Waals surface area contributed by atoms with E-state index in [1.165, 1.54) is 12.8 Å². The molecule has 0 aliphatic carbocycles.